The standard InChI is InChI=1S/C16H24FNO3/c1-4-6-15(16(19)20)21-14-8-7-12(17)10-13(14)11(3)18-9-5-2/h7-8,10-11,15,18H,4-6,9H2,1-3H3,(H,19,20). The van der Waals surface area contributed by atoms with Gasteiger partial charge in [-0.1, -0.05) is 20.3 Å². The van der Waals surface area contributed by atoms with E-state index in [1.165, 1.54) is 18.2 Å². The molecule has 0 spiro atoms. The molecular formula is C16H24FNO3. The summed E-state index contributed by atoms with van der Waals surface area (Å²) in [5.74, 6) is -0.931. The summed E-state index contributed by atoms with van der Waals surface area (Å²) in [4.78, 5) is 11.2. The zero-order chi connectivity index (χ0) is 15.8. The number of hydrogen-bond donors (Lipinski definition) is 2. The Kier molecular flexibility index (Phi) is 7.15. The van der Waals surface area contributed by atoms with Crippen molar-refractivity contribution in [1.29, 1.82) is 0 Å². The monoisotopic (exact) mass is 297 g/mol. The molecule has 21 heavy (non-hydrogen) atoms. The summed E-state index contributed by atoms with van der Waals surface area (Å²) in [5.41, 5.74) is 0.644. The second kappa shape index (κ2) is 8.62. The molecule has 1 aromatic carbocycles. The van der Waals surface area contributed by atoms with Gasteiger partial charge in [0.2, 0.25) is 0 Å². The van der Waals surface area contributed by atoms with Gasteiger partial charge in [-0.25, -0.2) is 9.18 Å². The van der Waals surface area contributed by atoms with E-state index < -0.39 is 12.1 Å². The van der Waals surface area contributed by atoms with E-state index in [1.807, 2.05) is 20.8 Å². The summed E-state index contributed by atoms with van der Waals surface area (Å²) in [7, 11) is 0. The van der Waals surface area contributed by atoms with Crippen LogP contribution in [0.1, 0.15) is 51.6 Å². The van der Waals surface area contributed by atoms with Gasteiger partial charge in [0, 0.05) is 11.6 Å². The van der Waals surface area contributed by atoms with E-state index in [9.17, 15) is 14.3 Å². The van der Waals surface area contributed by atoms with Crippen LogP contribution in [0.15, 0.2) is 18.2 Å². The van der Waals surface area contributed by atoms with Gasteiger partial charge in [0.1, 0.15) is 11.6 Å². The normalized spacial score (nSPS) is 13.7. The van der Waals surface area contributed by atoms with Gasteiger partial charge in [-0.2, -0.15) is 0 Å². The number of aliphatic carboxylic acids is 1. The average molecular weight is 297 g/mol. The van der Waals surface area contributed by atoms with E-state index in [2.05, 4.69) is 5.32 Å². The molecule has 0 aromatic heterocycles. The first-order valence-corrected chi connectivity index (χ1v) is 7.41. The van der Waals surface area contributed by atoms with Crippen molar-refractivity contribution in [3.63, 3.8) is 0 Å². The lowest BCUT2D eigenvalue weighted by atomic mass is 10.1. The maximum atomic E-state index is 13.5. The average Bonchev–Trinajstić information content (AvgIpc) is 2.45. The van der Waals surface area contributed by atoms with E-state index in [0.717, 1.165) is 13.0 Å². The van der Waals surface area contributed by atoms with Gasteiger partial charge in [0.15, 0.2) is 6.10 Å². The number of carbonyl (C=O) groups is 1. The largest absolute Gasteiger partial charge is 0.479 e. The summed E-state index contributed by atoms with van der Waals surface area (Å²) in [6.07, 6.45) is 1.18. The number of carboxylic acid groups (broad SMARTS) is 1. The van der Waals surface area contributed by atoms with Gasteiger partial charge in [-0.05, 0) is 44.5 Å². The highest BCUT2D eigenvalue weighted by atomic mass is 19.1. The van der Waals surface area contributed by atoms with Crippen molar-refractivity contribution in [3.8, 4) is 5.75 Å². The van der Waals surface area contributed by atoms with Crippen LogP contribution in [0.5, 0.6) is 5.75 Å². The van der Waals surface area contributed by atoms with Crippen LogP contribution < -0.4 is 10.1 Å². The van der Waals surface area contributed by atoms with Crippen LogP contribution in [-0.2, 0) is 4.79 Å². The molecule has 4 nitrogen and oxygen atoms in total. The molecule has 0 saturated heterocycles. The van der Waals surface area contributed by atoms with Crippen molar-refractivity contribution in [2.24, 2.45) is 0 Å². The Bertz CT molecular complexity index is 465. The topological polar surface area (TPSA) is 58.6 Å². The first kappa shape index (κ1) is 17.4. The minimum absolute atomic E-state index is 0.105. The van der Waals surface area contributed by atoms with E-state index in [1.54, 1.807) is 0 Å². The molecule has 5 heteroatoms. The van der Waals surface area contributed by atoms with Crippen LogP contribution in [0.2, 0.25) is 0 Å². The molecule has 0 bridgehead atoms. The maximum absolute atomic E-state index is 13.5. The summed E-state index contributed by atoms with van der Waals surface area (Å²) >= 11 is 0. The molecular weight excluding hydrogens is 273 g/mol. The second-order valence-electron chi connectivity index (χ2n) is 5.09. The lowest BCUT2D eigenvalue weighted by molar-refractivity contribution is -0.145. The second-order valence-corrected chi connectivity index (χ2v) is 5.09. The summed E-state index contributed by atoms with van der Waals surface area (Å²) in [6.45, 7) is 6.65. The third-order valence-corrected chi connectivity index (χ3v) is 3.23. The SMILES string of the molecule is CCCNC(C)c1cc(F)ccc1OC(CCC)C(=O)O. The molecule has 0 heterocycles. The van der Waals surface area contributed by atoms with Crippen molar-refractivity contribution >= 4 is 5.97 Å². The molecule has 118 valence electrons. The van der Waals surface area contributed by atoms with Crippen molar-refractivity contribution in [2.75, 3.05) is 6.54 Å². The van der Waals surface area contributed by atoms with Gasteiger partial charge < -0.3 is 15.2 Å². The Balaban J connectivity index is 2.97. The smallest absolute Gasteiger partial charge is 0.344 e. The van der Waals surface area contributed by atoms with Gasteiger partial charge >= 0.3 is 5.97 Å². The summed E-state index contributed by atoms with van der Waals surface area (Å²) < 4.78 is 19.1. The van der Waals surface area contributed by atoms with Crippen LogP contribution in [0.25, 0.3) is 0 Å². The molecule has 2 N–H and O–H groups in total. The van der Waals surface area contributed by atoms with Crippen molar-refractivity contribution in [2.45, 2.75) is 52.2 Å². The number of nitrogens with one attached hydrogen (secondary N) is 1. The Labute approximate surface area is 125 Å². The maximum Gasteiger partial charge on any atom is 0.344 e. The molecule has 0 saturated carbocycles. The number of rotatable bonds is 9. The van der Waals surface area contributed by atoms with Crippen LogP contribution in [0.4, 0.5) is 4.39 Å². The van der Waals surface area contributed by atoms with Crippen molar-refractivity contribution in [3.05, 3.63) is 29.6 Å². The van der Waals surface area contributed by atoms with E-state index >= 15 is 0 Å². The predicted molar refractivity (Wildman–Crippen MR) is 80.1 cm³/mol. The Hall–Kier alpha value is -1.62. The molecule has 0 aliphatic heterocycles. The number of benzene rings is 1. The van der Waals surface area contributed by atoms with Crippen LogP contribution in [0.3, 0.4) is 0 Å². The predicted octanol–water partition coefficient (Wildman–Crippen LogP) is 3.52. The molecule has 0 radical (unpaired) electrons. The Morgan fingerprint density at radius 3 is 2.67 bits per heavy atom. The molecule has 0 aliphatic carbocycles. The van der Waals surface area contributed by atoms with Crippen LogP contribution in [-0.4, -0.2) is 23.7 Å². The Morgan fingerprint density at radius 2 is 2.10 bits per heavy atom. The molecule has 0 fully saturated rings. The van der Waals surface area contributed by atoms with Gasteiger partial charge in [0.25, 0.3) is 0 Å². The van der Waals surface area contributed by atoms with Crippen molar-refractivity contribution < 1.29 is 19.0 Å². The fourth-order valence-corrected chi connectivity index (χ4v) is 2.08. The number of ether oxygens (including phenoxy) is 1. The quantitative estimate of drug-likeness (QED) is 0.732. The molecule has 0 aliphatic rings. The fourth-order valence-electron chi connectivity index (χ4n) is 2.08. The zero-order valence-electron chi connectivity index (χ0n) is 12.9. The highest BCUT2D eigenvalue weighted by molar-refractivity contribution is 5.72. The minimum atomic E-state index is -0.999. The molecule has 0 amide bonds. The minimum Gasteiger partial charge on any atom is -0.479 e. The van der Waals surface area contributed by atoms with Gasteiger partial charge in [-0.15, -0.1) is 0 Å². The van der Waals surface area contributed by atoms with Gasteiger partial charge in [-0.3, -0.25) is 0 Å². The molecule has 2 atom stereocenters. The lowest BCUT2D eigenvalue weighted by Crippen LogP contribution is -2.28. The molecule has 1 aromatic rings. The van der Waals surface area contributed by atoms with Crippen LogP contribution in [0, 0.1) is 5.82 Å². The highest BCUT2D eigenvalue weighted by Gasteiger charge is 2.21. The zero-order valence-corrected chi connectivity index (χ0v) is 12.9. The number of halogens is 1. The first-order chi connectivity index (χ1) is 9.99. The number of hydrogen-bond acceptors (Lipinski definition) is 3. The van der Waals surface area contributed by atoms with E-state index in [4.69, 9.17) is 4.74 Å². The fraction of sp³-hybridized carbons (Fsp3) is 0.562. The van der Waals surface area contributed by atoms with Gasteiger partial charge in [0.05, 0.1) is 0 Å². The summed E-state index contributed by atoms with van der Waals surface area (Å²) in [5, 5.41) is 12.4. The van der Waals surface area contributed by atoms with Crippen molar-refractivity contribution in [1.82, 2.24) is 5.32 Å². The van der Waals surface area contributed by atoms with Crippen LogP contribution >= 0.6 is 0 Å². The molecule has 1 rings (SSSR count). The first-order valence-electron chi connectivity index (χ1n) is 7.41. The third kappa shape index (κ3) is 5.34. The third-order valence-electron chi connectivity index (χ3n) is 3.23. The van der Waals surface area contributed by atoms with E-state index in [0.29, 0.717) is 24.2 Å². The summed E-state index contributed by atoms with van der Waals surface area (Å²) in [6, 6.07) is 4.08. The highest BCUT2D eigenvalue weighted by Crippen LogP contribution is 2.27. The van der Waals surface area contributed by atoms with E-state index in [-0.39, 0.29) is 11.9 Å². The molecule has 2 unspecified atom stereocenters. The number of carboxylic acids is 1. The lowest BCUT2D eigenvalue weighted by Gasteiger charge is -2.21. The Morgan fingerprint density at radius 1 is 1.38 bits per heavy atom.